The van der Waals surface area contributed by atoms with E-state index in [0.29, 0.717) is 19.8 Å². The molecule has 1 aliphatic rings. The highest BCUT2D eigenvalue weighted by Crippen LogP contribution is 2.30. The Morgan fingerprint density at radius 1 is 1.39 bits per heavy atom. The van der Waals surface area contributed by atoms with Gasteiger partial charge < -0.3 is 25.6 Å². The zero-order valence-corrected chi connectivity index (χ0v) is 9.89. The summed E-state index contributed by atoms with van der Waals surface area (Å²) < 4.78 is 10.9. The van der Waals surface area contributed by atoms with Gasteiger partial charge in [0.15, 0.2) is 11.5 Å². The van der Waals surface area contributed by atoms with E-state index in [1.165, 1.54) is 0 Å². The first-order valence-electron chi connectivity index (χ1n) is 5.73. The number of carbonyl (C=O) groups is 1. The number of fused-ring (bicyclic) bond motifs is 1. The Kier molecular flexibility index (Phi) is 4.01. The Bertz CT molecular complexity index is 436. The van der Waals surface area contributed by atoms with Crippen LogP contribution in [0.3, 0.4) is 0 Å². The normalized spacial score (nSPS) is 15.2. The van der Waals surface area contributed by atoms with E-state index in [2.05, 4.69) is 5.32 Å². The van der Waals surface area contributed by atoms with Crippen LogP contribution in [0.15, 0.2) is 18.2 Å². The fourth-order valence-electron chi connectivity index (χ4n) is 1.65. The lowest BCUT2D eigenvalue weighted by atomic mass is 10.2. The second kappa shape index (κ2) is 5.70. The van der Waals surface area contributed by atoms with Crippen LogP contribution in [0.25, 0.3) is 0 Å². The molecule has 1 aliphatic heterocycles. The van der Waals surface area contributed by atoms with Crippen LogP contribution in [0.5, 0.6) is 11.5 Å². The summed E-state index contributed by atoms with van der Waals surface area (Å²) in [4.78, 5) is 10.6. The zero-order chi connectivity index (χ0) is 13.0. The first-order chi connectivity index (χ1) is 8.66. The van der Waals surface area contributed by atoms with E-state index in [0.717, 1.165) is 17.1 Å². The molecule has 2 rings (SSSR count). The Hall–Kier alpha value is -1.79. The molecule has 1 heterocycles. The minimum absolute atomic E-state index is 0.129. The van der Waals surface area contributed by atoms with Crippen molar-refractivity contribution >= 4 is 5.91 Å². The maximum Gasteiger partial charge on any atom is 0.247 e. The number of hydrogen-bond acceptors (Lipinski definition) is 5. The van der Waals surface area contributed by atoms with Crippen LogP contribution in [0.4, 0.5) is 0 Å². The summed E-state index contributed by atoms with van der Waals surface area (Å²) >= 11 is 0. The van der Waals surface area contributed by atoms with Gasteiger partial charge in [0.2, 0.25) is 5.91 Å². The summed E-state index contributed by atoms with van der Waals surface area (Å²) in [7, 11) is 0. The molecule has 6 heteroatoms. The number of primary amides is 1. The van der Waals surface area contributed by atoms with Crippen LogP contribution in [0, 0.1) is 0 Å². The Morgan fingerprint density at radius 3 is 2.83 bits per heavy atom. The molecule has 98 valence electrons. The predicted octanol–water partition coefficient (Wildman–Crippen LogP) is -0.606. The van der Waals surface area contributed by atoms with Crippen molar-refractivity contribution in [2.45, 2.75) is 12.6 Å². The molecule has 0 aliphatic carbocycles. The molecule has 18 heavy (non-hydrogen) atoms. The lowest BCUT2D eigenvalue weighted by Gasteiger charge is -2.19. The average molecular weight is 252 g/mol. The molecule has 1 unspecified atom stereocenters. The van der Waals surface area contributed by atoms with Crippen molar-refractivity contribution in [2.24, 2.45) is 5.73 Å². The molecule has 0 bridgehead atoms. The molecule has 1 atom stereocenters. The molecule has 0 saturated carbocycles. The smallest absolute Gasteiger partial charge is 0.247 e. The second-order valence-corrected chi connectivity index (χ2v) is 4.03. The number of nitrogens with one attached hydrogen (secondary N) is 1. The molecule has 0 fully saturated rings. The molecule has 0 aromatic heterocycles. The summed E-state index contributed by atoms with van der Waals surface area (Å²) in [5, 5.41) is 12.2. The van der Waals surface area contributed by atoms with E-state index in [4.69, 9.17) is 15.2 Å². The number of benzene rings is 1. The Balaban J connectivity index is 1.88. The van der Waals surface area contributed by atoms with Gasteiger partial charge in [-0.05, 0) is 17.7 Å². The summed E-state index contributed by atoms with van der Waals surface area (Å²) in [5.74, 6) is 0.725. The van der Waals surface area contributed by atoms with Crippen LogP contribution in [0.1, 0.15) is 5.56 Å². The van der Waals surface area contributed by atoms with Gasteiger partial charge in [0, 0.05) is 13.1 Å². The van der Waals surface area contributed by atoms with Crippen molar-refractivity contribution in [1.29, 1.82) is 0 Å². The van der Waals surface area contributed by atoms with Gasteiger partial charge in [0.05, 0.1) is 0 Å². The molecule has 1 aromatic rings. The minimum atomic E-state index is -1.16. The van der Waals surface area contributed by atoms with E-state index >= 15 is 0 Å². The third-order valence-electron chi connectivity index (χ3n) is 2.60. The summed E-state index contributed by atoms with van der Waals surface area (Å²) in [6, 6.07) is 5.62. The highest BCUT2D eigenvalue weighted by molar-refractivity contribution is 5.78. The number of aliphatic hydroxyl groups excluding tert-OH is 1. The quantitative estimate of drug-likeness (QED) is 0.650. The number of hydrogen-bond donors (Lipinski definition) is 3. The van der Waals surface area contributed by atoms with Crippen molar-refractivity contribution in [2.75, 3.05) is 19.8 Å². The van der Waals surface area contributed by atoms with Crippen LogP contribution in [-0.4, -0.2) is 36.9 Å². The third kappa shape index (κ3) is 3.12. The fourth-order valence-corrected chi connectivity index (χ4v) is 1.65. The SMILES string of the molecule is NC(=O)C(O)CNCc1ccc2c(c1)OCCO2. The lowest BCUT2D eigenvalue weighted by molar-refractivity contribution is -0.125. The van der Waals surface area contributed by atoms with Gasteiger partial charge in [0.1, 0.15) is 19.3 Å². The second-order valence-electron chi connectivity index (χ2n) is 4.03. The number of nitrogens with two attached hydrogens (primary N) is 1. The number of rotatable bonds is 5. The Morgan fingerprint density at radius 2 is 2.11 bits per heavy atom. The van der Waals surface area contributed by atoms with E-state index in [-0.39, 0.29) is 6.54 Å². The zero-order valence-electron chi connectivity index (χ0n) is 9.89. The molecular weight excluding hydrogens is 236 g/mol. The summed E-state index contributed by atoms with van der Waals surface area (Å²) in [6.45, 7) is 1.75. The molecule has 1 amide bonds. The summed E-state index contributed by atoms with van der Waals surface area (Å²) in [5.41, 5.74) is 5.92. The van der Waals surface area contributed by atoms with Crippen LogP contribution in [-0.2, 0) is 11.3 Å². The standard InChI is InChI=1S/C12H16N2O4/c13-12(16)9(15)7-14-6-8-1-2-10-11(5-8)18-4-3-17-10/h1-2,5,9,14-15H,3-4,6-7H2,(H2,13,16). The van der Waals surface area contributed by atoms with E-state index < -0.39 is 12.0 Å². The van der Waals surface area contributed by atoms with Crippen molar-refractivity contribution in [3.05, 3.63) is 23.8 Å². The van der Waals surface area contributed by atoms with Gasteiger partial charge >= 0.3 is 0 Å². The number of aliphatic hydroxyl groups is 1. The van der Waals surface area contributed by atoms with Crippen molar-refractivity contribution in [3.63, 3.8) is 0 Å². The van der Waals surface area contributed by atoms with Crippen LogP contribution < -0.4 is 20.5 Å². The number of ether oxygens (including phenoxy) is 2. The monoisotopic (exact) mass is 252 g/mol. The first-order valence-corrected chi connectivity index (χ1v) is 5.73. The Labute approximate surface area is 105 Å². The third-order valence-corrected chi connectivity index (χ3v) is 2.60. The average Bonchev–Trinajstić information content (AvgIpc) is 2.38. The molecule has 0 spiro atoms. The van der Waals surface area contributed by atoms with E-state index in [9.17, 15) is 9.90 Å². The maximum atomic E-state index is 10.6. The predicted molar refractivity (Wildman–Crippen MR) is 64.3 cm³/mol. The fraction of sp³-hybridized carbons (Fsp3) is 0.417. The van der Waals surface area contributed by atoms with Gasteiger partial charge in [-0.3, -0.25) is 4.79 Å². The van der Waals surface area contributed by atoms with Gasteiger partial charge in [-0.15, -0.1) is 0 Å². The van der Waals surface area contributed by atoms with Gasteiger partial charge in [-0.2, -0.15) is 0 Å². The molecule has 0 radical (unpaired) electrons. The van der Waals surface area contributed by atoms with Gasteiger partial charge in [0.25, 0.3) is 0 Å². The molecule has 4 N–H and O–H groups in total. The largest absolute Gasteiger partial charge is 0.486 e. The number of amides is 1. The topological polar surface area (TPSA) is 93.8 Å². The number of carbonyl (C=O) groups excluding carboxylic acids is 1. The van der Waals surface area contributed by atoms with Crippen molar-refractivity contribution in [3.8, 4) is 11.5 Å². The van der Waals surface area contributed by atoms with Crippen LogP contribution >= 0.6 is 0 Å². The highest BCUT2D eigenvalue weighted by atomic mass is 16.6. The van der Waals surface area contributed by atoms with Gasteiger partial charge in [-0.25, -0.2) is 0 Å². The van der Waals surface area contributed by atoms with Crippen LogP contribution in [0.2, 0.25) is 0 Å². The van der Waals surface area contributed by atoms with Crippen molar-refractivity contribution < 1.29 is 19.4 Å². The van der Waals surface area contributed by atoms with Gasteiger partial charge in [-0.1, -0.05) is 6.07 Å². The first kappa shape index (κ1) is 12.7. The summed E-state index contributed by atoms with van der Waals surface area (Å²) in [6.07, 6.45) is -1.16. The minimum Gasteiger partial charge on any atom is -0.486 e. The maximum absolute atomic E-state index is 10.6. The molecule has 1 aromatic carbocycles. The molecule has 6 nitrogen and oxygen atoms in total. The highest BCUT2D eigenvalue weighted by Gasteiger charge is 2.12. The lowest BCUT2D eigenvalue weighted by Crippen LogP contribution is -2.37. The molecule has 0 saturated heterocycles. The van der Waals surface area contributed by atoms with Crippen molar-refractivity contribution in [1.82, 2.24) is 5.32 Å². The van der Waals surface area contributed by atoms with E-state index in [1.54, 1.807) is 0 Å². The van der Waals surface area contributed by atoms with E-state index in [1.807, 2.05) is 18.2 Å². The molecular formula is C12H16N2O4.